The number of nitrogens with zero attached hydrogens (tertiary/aromatic N) is 3. The predicted octanol–water partition coefficient (Wildman–Crippen LogP) is 3.10. The van der Waals surface area contributed by atoms with Crippen LogP contribution in [0, 0.1) is 17.4 Å². The first-order valence-electron chi connectivity index (χ1n) is 7.57. The van der Waals surface area contributed by atoms with Crippen LogP contribution in [0.5, 0.6) is 0 Å². The molecule has 2 rings (SSSR count). The van der Waals surface area contributed by atoms with Crippen molar-refractivity contribution in [2.75, 3.05) is 18.4 Å². The fourth-order valence-electron chi connectivity index (χ4n) is 2.55. The second-order valence-electron chi connectivity index (χ2n) is 5.56. The predicted molar refractivity (Wildman–Crippen MR) is 87.0 cm³/mol. The fourth-order valence-corrected chi connectivity index (χ4v) is 2.74. The number of hydrogen-bond acceptors (Lipinski definition) is 4. The SMILES string of the molecule is CCC(C)C(Nc1cccc(Cl)c1)C(=O)N1CCCN1C#N. The molecule has 0 bridgehead atoms. The molecule has 1 amide bonds. The minimum absolute atomic E-state index is 0.0617. The van der Waals surface area contributed by atoms with Crippen molar-refractivity contribution in [1.82, 2.24) is 10.0 Å². The Morgan fingerprint density at radius 3 is 2.91 bits per heavy atom. The zero-order valence-electron chi connectivity index (χ0n) is 12.9. The standard InChI is InChI=1S/C16H21ClN4O/c1-3-12(2)15(19-14-7-4-6-13(17)10-14)16(22)21-9-5-8-20(21)11-18/h4,6-7,10,12,15,19H,3,5,8-9H2,1-2H3. The lowest BCUT2D eigenvalue weighted by Gasteiger charge is -2.31. The molecule has 1 aliphatic rings. The van der Waals surface area contributed by atoms with Crippen molar-refractivity contribution in [2.24, 2.45) is 5.92 Å². The number of carbonyl (C=O) groups excluding carboxylic acids is 1. The first-order valence-corrected chi connectivity index (χ1v) is 7.95. The number of hydrazine groups is 1. The van der Waals surface area contributed by atoms with Crippen LogP contribution in [-0.2, 0) is 4.79 Å². The van der Waals surface area contributed by atoms with Crippen LogP contribution < -0.4 is 5.32 Å². The Labute approximate surface area is 136 Å². The summed E-state index contributed by atoms with van der Waals surface area (Å²) in [7, 11) is 0. The molecule has 6 heteroatoms. The second-order valence-corrected chi connectivity index (χ2v) is 5.99. The van der Waals surface area contributed by atoms with E-state index in [2.05, 4.69) is 18.4 Å². The maximum absolute atomic E-state index is 12.8. The van der Waals surface area contributed by atoms with Crippen LogP contribution in [0.2, 0.25) is 5.02 Å². The smallest absolute Gasteiger partial charge is 0.264 e. The van der Waals surface area contributed by atoms with Gasteiger partial charge in [0.05, 0.1) is 6.54 Å². The van der Waals surface area contributed by atoms with Crippen molar-refractivity contribution in [2.45, 2.75) is 32.7 Å². The van der Waals surface area contributed by atoms with E-state index in [-0.39, 0.29) is 17.9 Å². The Kier molecular flexibility index (Phi) is 5.51. The molecule has 0 aliphatic carbocycles. The summed E-state index contributed by atoms with van der Waals surface area (Å²) >= 11 is 6.01. The van der Waals surface area contributed by atoms with E-state index in [1.165, 1.54) is 5.01 Å². The Bertz CT molecular complexity index is 572. The zero-order chi connectivity index (χ0) is 16.1. The third-order valence-corrected chi connectivity index (χ3v) is 4.26. The Balaban J connectivity index is 2.19. The van der Waals surface area contributed by atoms with E-state index < -0.39 is 0 Å². The van der Waals surface area contributed by atoms with E-state index in [9.17, 15) is 4.79 Å². The van der Waals surface area contributed by atoms with E-state index >= 15 is 0 Å². The third kappa shape index (κ3) is 3.63. The number of hydrogen-bond donors (Lipinski definition) is 1. The number of nitriles is 1. The molecule has 0 radical (unpaired) electrons. The van der Waals surface area contributed by atoms with Crippen LogP contribution in [0.15, 0.2) is 24.3 Å². The highest BCUT2D eigenvalue weighted by atomic mass is 35.5. The summed E-state index contributed by atoms with van der Waals surface area (Å²) in [5.74, 6) is 0.0843. The highest BCUT2D eigenvalue weighted by Crippen LogP contribution is 2.22. The van der Waals surface area contributed by atoms with Gasteiger partial charge in [0.2, 0.25) is 0 Å². The molecule has 0 saturated carbocycles. The lowest BCUT2D eigenvalue weighted by Crippen LogP contribution is -2.49. The topological polar surface area (TPSA) is 59.4 Å². The monoisotopic (exact) mass is 320 g/mol. The van der Waals surface area contributed by atoms with Crippen molar-refractivity contribution in [3.63, 3.8) is 0 Å². The molecule has 1 aromatic rings. The van der Waals surface area contributed by atoms with Crippen LogP contribution in [-0.4, -0.2) is 35.1 Å². The van der Waals surface area contributed by atoms with Gasteiger partial charge in [0.15, 0.2) is 6.19 Å². The Morgan fingerprint density at radius 1 is 1.50 bits per heavy atom. The number of amides is 1. The number of halogens is 1. The molecule has 1 N–H and O–H groups in total. The largest absolute Gasteiger partial charge is 0.373 e. The van der Waals surface area contributed by atoms with Crippen molar-refractivity contribution >= 4 is 23.2 Å². The maximum atomic E-state index is 12.8. The van der Waals surface area contributed by atoms with Gasteiger partial charge in [0.1, 0.15) is 6.04 Å². The van der Waals surface area contributed by atoms with Crippen LogP contribution in [0.3, 0.4) is 0 Å². The lowest BCUT2D eigenvalue weighted by molar-refractivity contribution is -0.141. The lowest BCUT2D eigenvalue weighted by atomic mass is 9.97. The van der Waals surface area contributed by atoms with E-state index in [0.29, 0.717) is 18.1 Å². The average Bonchev–Trinajstić information content (AvgIpc) is 3.00. The summed E-state index contributed by atoms with van der Waals surface area (Å²) < 4.78 is 0. The first kappa shape index (κ1) is 16.4. The van der Waals surface area contributed by atoms with Crippen molar-refractivity contribution in [1.29, 1.82) is 5.26 Å². The zero-order valence-corrected chi connectivity index (χ0v) is 13.7. The number of nitrogens with one attached hydrogen (secondary N) is 1. The number of carbonyl (C=O) groups is 1. The van der Waals surface area contributed by atoms with Gasteiger partial charge in [-0.3, -0.25) is 4.79 Å². The van der Waals surface area contributed by atoms with E-state index in [1.807, 2.05) is 19.1 Å². The van der Waals surface area contributed by atoms with E-state index in [1.54, 1.807) is 17.1 Å². The van der Waals surface area contributed by atoms with Crippen molar-refractivity contribution in [3.05, 3.63) is 29.3 Å². The summed E-state index contributed by atoms with van der Waals surface area (Å²) in [6.07, 6.45) is 3.76. The highest BCUT2D eigenvalue weighted by Gasteiger charge is 2.34. The van der Waals surface area contributed by atoms with Gasteiger partial charge in [-0.1, -0.05) is 37.9 Å². The van der Waals surface area contributed by atoms with Gasteiger partial charge in [-0.2, -0.15) is 5.26 Å². The molecule has 1 aliphatic heterocycles. The van der Waals surface area contributed by atoms with Crippen LogP contribution in [0.1, 0.15) is 26.7 Å². The van der Waals surface area contributed by atoms with Crippen molar-refractivity contribution in [3.8, 4) is 6.19 Å². The quantitative estimate of drug-likeness (QED) is 0.847. The molecular formula is C16H21ClN4O. The van der Waals surface area contributed by atoms with Gasteiger partial charge in [-0.05, 0) is 30.5 Å². The molecule has 2 atom stereocenters. The molecule has 2 unspecified atom stereocenters. The summed E-state index contributed by atoms with van der Waals surface area (Å²) in [6.45, 7) is 5.28. The highest BCUT2D eigenvalue weighted by molar-refractivity contribution is 6.30. The molecule has 1 heterocycles. The second kappa shape index (κ2) is 7.37. The van der Waals surface area contributed by atoms with Gasteiger partial charge < -0.3 is 5.32 Å². The number of benzene rings is 1. The number of rotatable bonds is 5. The Morgan fingerprint density at radius 2 is 2.27 bits per heavy atom. The fraction of sp³-hybridized carbons (Fsp3) is 0.500. The summed E-state index contributed by atoms with van der Waals surface area (Å²) in [5, 5.41) is 16.0. The minimum Gasteiger partial charge on any atom is -0.373 e. The van der Waals surface area contributed by atoms with Crippen LogP contribution >= 0.6 is 11.6 Å². The van der Waals surface area contributed by atoms with E-state index in [4.69, 9.17) is 16.9 Å². The third-order valence-electron chi connectivity index (χ3n) is 4.03. The van der Waals surface area contributed by atoms with Gasteiger partial charge in [-0.15, -0.1) is 0 Å². The summed E-state index contributed by atoms with van der Waals surface area (Å²) in [6, 6.07) is 6.96. The number of anilines is 1. The van der Waals surface area contributed by atoms with Crippen molar-refractivity contribution < 1.29 is 4.79 Å². The van der Waals surface area contributed by atoms with Crippen LogP contribution in [0.25, 0.3) is 0 Å². The van der Waals surface area contributed by atoms with E-state index in [0.717, 1.165) is 18.5 Å². The minimum atomic E-state index is -0.377. The van der Waals surface area contributed by atoms with Gasteiger partial charge in [0.25, 0.3) is 5.91 Å². The summed E-state index contributed by atoms with van der Waals surface area (Å²) in [4.78, 5) is 12.8. The Hall–Kier alpha value is -1.93. The normalized spacial score (nSPS) is 17.0. The molecule has 5 nitrogen and oxygen atoms in total. The summed E-state index contributed by atoms with van der Waals surface area (Å²) in [5.41, 5.74) is 0.814. The first-order chi connectivity index (χ1) is 10.6. The van der Waals surface area contributed by atoms with Gasteiger partial charge in [-0.25, -0.2) is 10.0 Å². The van der Waals surface area contributed by atoms with Gasteiger partial charge in [0, 0.05) is 17.3 Å². The average molecular weight is 321 g/mol. The molecule has 1 saturated heterocycles. The van der Waals surface area contributed by atoms with Gasteiger partial charge >= 0.3 is 0 Å². The van der Waals surface area contributed by atoms with Crippen LogP contribution in [0.4, 0.5) is 5.69 Å². The molecule has 1 fully saturated rings. The molecule has 0 aromatic heterocycles. The molecule has 0 spiro atoms. The molecule has 118 valence electrons. The molecule has 22 heavy (non-hydrogen) atoms. The maximum Gasteiger partial charge on any atom is 0.264 e. The molecule has 1 aromatic carbocycles. The molecular weight excluding hydrogens is 300 g/mol.